The molecule has 2 aromatic carbocycles. The van der Waals surface area contributed by atoms with Crippen LogP contribution in [0.25, 0.3) is 0 Å². The molecule has 1 amide bonds. The van der Waals surface area contributed by atoms with Gasteiger partial charge in [-0.25, -0.2) is 4.39 Å². The van der Waals surface area contributed by atoms with E-state index in [-0.39, 0.29) is 22.7 Å². The molecule has 1 heterocycles. The van der Waals surface area contributed by atoms with Crippen molar-refractivity contribution >= 4 is 23.4 Å². The summed E-state index contributed by atoms with van der Waals surface area (Å²) in [5.74, 6) is -0.443. The molecule has 5 heteroatoms. The van der Waals surface area contributed by atoms with E-state index >= 15 is 0 Å². The SMILES string of the molecule is CCC(Sc1ccccc1)C(=O)Nc1ccc2c(c1F)CCNC2. The summed E-state index contributed by atoms with van der Waals surface area (Å²) in [6.45, 7) is 3.42. The first-order valence-corrected chi connectivity index (χ1v) is 9.10. The molecule has 2 N–H and O–H groups in total. The maximum atomic E-state index is 14.7. The highest BCUT2D eigenvalue weighted by Crippen LogP contribution is 2.28. The number of thioether (sulfide) groups is 1. The smallest absolute Gasteiger partial charge is 0.237 e. The van der Waals surface area contributed by atoms with Crippen LogP contribution in [0, 0.1) is 5.82 Å². The van der Waals surface area contributed by atoms with E-state index in [1.165, 1.54) is 11.8 Å². The number of halogens is 1. The van der Waals surface area contributed by atoms with Gasteiger partial charge in [0.1, 0.15) is 5.82 Å². The van der Waals surface area contributed by atoms with E-state index in [0.717, 1.165) is 22.6 Å². The number of anilines is 1. The van der Waals surface area contributed by atoms with Crippen molar-refractivity contribution in [3.63, 3.8) is 0 Å². The van der Waals surface area contributed by atoms with Crippen LogP contribution in [-0.4, -0.2) is 17.7 Å². The molecular formula is C19H21FN2OS. The summed E-state index contributed by atoms with van der Waals surface area (Å²) in [5, 5.41) is 5.76. The number of hydrogen-bond acceptors (Lipinski definition) is 3. The van der Waals surface area contributed by atoms with Crippen molar-refractivity contribution in [2.75, 3.05) is 11.9 Å². The lowest BCUT2D eigenvalue weighted by molar-refractivity contribution is -0.115. The van der Waals surface area contributed by atoms with Crippen LogP contribution < -0.4 is 10.6 Å². The summed E-state index contributed by atoms with van der Waals surface area (Å²) in [7, 11) is 0. The molecule has 0 radical (unpaired) electrons. The van der Waals surface area contributed by atoms with Gasteiger partial charge < -0.3 is 10.6 Å². The molecule has 1 unspecified atom stereocenters. The fourth-order valence-corrected chi connectivity index (χ4v) is 3.80. The lowest BCUT2D eigenvalue weighted by Gasteiger charge is -2.20. The maximum Gasteiger partial charge on any atom is 0.237 e. The first-order valence-electron chi connectivity index (χ1n) is 8.22. The van der Waals surface area contributed by atoms with Crippen LogP contribution in [-0.2, 0) is 17.8 Å². The van der Waals surface area contributed by atoms with Gasteiger partial charge in [0.2, 0.25) is 5.91 Å². The second-order valence-corrected chi connectivity index (χ2v) is 7.08. The predicted molar refractivity (Wildman–Crippen MR) is 96.8 cm³/mol. The normalized spacial score (nSPS) is 14.8. The quantitative estimate of drug-likeness (QED) is 0.806. The zero-order valence-electron chi connectivity index (χ0n) is 13.6. The van der Waals surface area contributed by atoms with Crippen LogP contribution in [0.1, 0.15) is 24.5 Å². The van der Waals surface area contributed by atoms with E-state index in [0.29, 0.717) is 19.4 Å². The molecule has 0 fully saturated rings. The van der Waals surface area contributed by atoms with E-state index in [1.54, 1.807) is 6.07 Å². The molecule has 3 rings (SSSR count). The molecule has 0 bridgehead atoms. The summed E-state index contributed by atoms with van der Waals surface area (Å²) >= 11 is 1.51. The highest BCUT2D eigenvalue weighted by atomic mass is 32.2. The molecule has 0 aromatic heterocycles. The highest BCUT2D eigenvalue weighted by molar-refractivity contribution is 8.00. The Bertz CT molecular complexity index is 721. The van der Waals surface area contributed by atoms with Crippen molar-refractivity contribution in [2.45, 2.75) is 36.5 Å². The van der Waals surface area contributed by atoms with Crippen molar-refractivity contribution in [1.82, 2.24) is 5.32 Å². The fraction of sp³-hybridized carbons (Fsp3) is 0.316. The van der Waals surface area contributed by atoms with Crippen LogP contribution in [0.2, 0.25) is 0 Å². The van der Waals surface area contributed by atoms with Gasteiger partial charge in [0.05, 0.1) is 10.9 Å². The Morgan fingerprint density at radius 2 is 2.08 bits per heavy atom. The molecule has 1 atom stereocenters. The Balaban J connectivity index is 1.73. The van der Waals surface area contributed by atoms with Crippen molar-refractivity contribution in [3.05, 3.63) is 59.4 Å². The molecule has 24 heavy (non-hydrogen) atoms. The van der Waals surface area contributed by atoms with Gasteiger partial charge in [-0.15, -0.1) is 11.8 Å². The summed E-state index contributed by atoms with van der Waals surface area (Å²) in [6, 6.07) is 13.4. The number of benzene rings is 2. The molecule has 0 spiro atoms. The second kappa shape index (κ2) is 7.81. The van der Waals surface area contributed by atoms with Gasteiger partial charge in [-0.3, -0.25) is 4.79 Å². The summed E-state index contributed by atoms with van der Waals surface area (Å²) in [5.41, 5.74) is 1.98. The predicted octanol–water partition coefficient (Wildman–Crippen LogP) is 3.98. The molecule has 0 aliphatic carbocycles. The topological polar surface area (TPSA) is 41.1 Å². The first kappa shape index (κ1) is 17.0. The maximum absolute atomic E-state index is 14.7. The number of hydrogen-bond donors (Lipinski definition) is 2. The van der Waals surface area contributed by atoms with E-state index in [9.17, 15) is 9.18 Å². The number of fused-ring (bicyclic) bond motifs is 1. The number of carbonyl (C=O) groups excluding carboxylic acids is 1. The Morgan fingerprint density at radius 3 is 2.83 bits per heavy atom. The van der Waals surface area contributed by atoms with Crippen LogP contribution >= 0.6 is 11.8 Å². The zero-order chi connectivity index (χ0) is 16.9. The lowest BCUT2D eigenvalue weighted by atomic mass is 9.99. The van der Waals surface area contributed by atoms with Crippen LogP contribution in [0.15, 0.2) is 47.4 Å². The van der Waals surface area contributed by atoms with E-state index < -0.39 is 0 Å². The molecule has 0 saturated heterocycles. The Labute approximate surface area is 146 Å². The van der Waals surface area contributed by atoms with Gasteiger partial charge in [-0.2, -0.15) is 0 Å². The van der Waals surface area contributed by atoms with E-state index in [1.807, 2.05) is 43.3 Å². The third-order valence-corrected chi connectivity index (χ3v) is 5.53. The molecule has 2 aromatic rings. The zero-order valence-corrected chi connectivity index (χ0v) is 14.5. The van der Waals surface area contributed by atoms with E-state index in [4.69, 9.17) is 0 Å². The number of amides is 1. The Morgan fingerprint density at radius 1 is 1.29 bits per heavy atom. The summed E-state index contributed by atoms with van der Waals surface area (Å²) < 4.78 is 14.7. The Hall–Kier alpha value is -1.85. The van der Waals surface area contributed by atoms with Gasteiger partial charge in [0.15, 0.2) is 0 Å². The minimum atomic E-state index is -0.290. The van der Waals surface area contributed by atoms with Crippen LogP contribution in [0.4, 0.5) is 10.1 Å². The average Bonchev–Trinajstić information content (AvgIpc) is 2.63. The van der Waals surface area contributed by atoms with Crippen molar-refractivity contribution in [3.8, 4) is 0 Å². The molecule has 3 nitrogen and oxygen atoms in total. The number of rotatable bonds is 5. The highest BCUT2D eigenvalue weighted by Gasteiger charge is 2.21. The summed E-state index contributed by atoms with van der Waals surface area (Å²) in [4.78, 5) is 13.6. The molecular weight excluding hydrogens is 323 g/mol. The number of carbonyl (C=O) groups is 1. The molecule has 1 aliphatic rings. The lowest BCUT2D eigenvalue weighted by Crippen LogP contribution is -2.27. The third kappa shape index (κ3) is 3.79. The fourth-order valence-electron chi connectivity index (χ4n) is 2.83. The molecule has 0 saturated carbocycles. The van der Waals surface area contributed by atoms with Crippen molar-refractivity contribution in [1.29, 1.82) is 0 Å². The van der Waals surface area contributed by atoms with E-state index in [2.05, 4.69) is 10.6 Å². The van der Waals surface area contributed by atoms with Crippen LogP contribution in [0.3, 0.4) is 0 Å². The minimum absolute atomic E-state index is 0.154. The van der Waals surface area contributed by atoms with Crippen LogP contribution in [0.5, 0.6) is 0 Å². The van der Waals surface area contributed by atoms with Gasteiger partial charge in [0, 0.05) is 11.4 Å². The first-order chi connectivity index (χ1) is 11.7. The van der Waals surface area contributed by atoms with Crippen molar-refractivity contribution < 1.29 is 9.18 Å². The van der Waals surface area contributed by atoms with Crippen molar-refractivity contribution in [2.24, 2.45) is 0 Å². The summed E-state index contributed by atoms with van der Waals surface area (Å²) in [6.07, 6.45) is 1.34. The van der Waals surface area contributed by atoms with Gasteiger partial charge in [-0.05, 0) is 48.7 Å². The third-order valence-electron chi connectivity index (χ3n) is 4.15. The average molecular weight is 344 g/mol. The van der Waals surface area contributed by atoms with Gasteiger partial charge >= 0.3 is 0 Å². The Kier molecular flexibility index (Phi) is 5.53. The second-order valence-electron chi connectivity index (χ2n) is 5.81. The molecule has 1 aliphatic heterocycles. The largest absolute Gasteiger partial charge is 0.323 e. The molecule has 126 valence electrons. The number of nitrogens with one attached hydrogen (secondary N) is 2. The monoisotopic (exact) mass is 344 g/mol. The van der Waals surface area contributed by atoms with Gasteiger partial charge in [0.25, 0.3) is 0 Å². The minimum Gasteiger partial charge on any atom is -0.323 e. The van der Waals surface area contributed by atoms with Gasteiger partial charge in [-0.1, -0.05) is 31.2 Å². The standard InChI is InChI=1S/C19H21FN2OS/c1-2-17(24-14-6-4-3-5-7-14)19(23)22-16-9-8-13-12-21-11-10-15(13)18(16)20/h3-9,17,21H,2,10-12H2,1H3,(H,22,23).